The fourth-order valence-corrected chi connectivity index (χ4v) is 2.28. The maximum atomic E-state index is 13.4. The standard InChI is InChI=1S/C19H23F2N3O2/c1-5-13(22-18(26)19(2,3)4)11-24-17(25)9-8-16(23-24)12-6-7-14(20)15(21)10-12/h6-10,13H,5,11H2,1-4H3,(H,22,26)/t13-/m1/s1. The molecule has 0 saturated heterocycles. The van der Waals surface area contributed by atoms with E-state index >= 15 is 0 Å². The summed E-state index contributed by atoms with van der Waals surface area (Å²) < 4.78 is 27.8. The molecule has 0 saturated carbocycles. The number of hydrogen-bond acceptors (Lipinski definition) is 3. The average Bonchev–Trinajstić information content (AvgIpc) is 2.57. The van der Waals surface area contributed by atoms with Crippen LogP contribution >= 0.6 is 0 Å². The third kappa shape index (κ3) is 4.74. The topological polar surface area (TPSA) is 64.0 Å². The van der Waals surface area contributed by atoms with E-state index in [1.54, 1.807) is 0 Å². The minimum atomic E-state index is -0.981. The summed E-state index contributed by atoms with van der Waals surface area (Å²) in [5.74, 6) is -2.04. The number of nitrogens with one attached hydrogen (secondary N) is 1. The molecule has 140 valence electrons. The number of halogens is 2. The van der Waals surface area contributed by atoms with E-state index in [4.69, 9.17) is 0 Å². The van der Waals surface area contributed by atoms with Crippen LogP contribution in [-0.4, -0.2) is 21.7 Å². The molecule has 1 atom stereocenters. The first kappa shape index (κ1) is 19.8. The normalized spacial score (nSPS) is 12.7. The maximum Gasteiger partial charge on any atom is 0.266 e. The Bertz CT molecular complexity index is 857. The Labute approximate surface area is 151 Å². The van der Waals surface area contributed by atoms with Crippen LogP contribution in [0.2, 0.25) is 0 Å². The van der Waals surface area contributed by atoms with Gasteiger partial charge in [-0.15, -0.1) is 0 Å². The van der Waals surface area contributed by atoms with E-state index in [0.717, 1.165) is 12.1 Å². The lowest BCUT2D eigenvalue weighted by Crippen LogP contribution is -2.45. The molecule has 0 radical (unpaired) electrons. The summed E-state index contributed by atoms with van der Waals surface area (Å²) >= 11 is 0. The minimum Gasteiger partial charge on any atom is -0.351 e. The lowest BCUT2D eigenvalue weighted by molar-refractivity contribution is -0.129. The van der Waals surface area contributed by atoms with Gasteiger partial charge in [0.15, 0.2) is 11.6 Å². The van der Waals surface area contributed by atoms with Gasteiger partial charge in [-0.2, -0.15) is 5.10 Å². The summed E-state index contributed by atoms with van der Waals surface area (Å²) in [4.78, 5) is 24.3. The molecule has 1 aromatic carbocycles. The van der Waals surface area contributed by atoms with Crippen molar-refractivity contribution >= 4 is 5.91 Å². The Morgan fingerprint density at radius 1 is 1.19 bits per heavy atom. The van der Waals surface area contributed by atoms with Gasteiger partial charge in [-0.3, -0.25) is 9.59 Å². The van der Waals surface area contributed by atoms with Crippen LogP contribution in [0.25, 0.3) is 11.3 Å². The Balaban J connectivity index is 2.27. The summed E-state index contributed by atoms with van der Waals surface area (Å²) in [5.41, 5.74) is -0.163. The molecule has 0 aliphatic carbocycles. The Kier molecular flexibility index (Phi) is 5.90. The van der Waals surface area contributed by atoms with E-state index < -0.39 is 17.0 Å². The van der Waals surface area contributed by atoms with Gasteiger partial charge in [0.25, 0.3) is 5.56 Å². The lowest BCUT2D eigenvalue weighted by Gasteiger charge is -2.23. The maximum absolute atomic E-state index is 13.4. The molecule has 0 spiro atoms. The van der Waals surface area contributed by atoms with Crippen molar-refractivity contribution in [3.8, 4) is 11.3 Å². The van der Waals surface area contributed by atoms with Crippen LogP contribution in [0.5, 0.6) is 0 Å². The number of hydrogen-bond donors (Lipinski definition) is 1. The van der Waals surface area contributed by atoms with Gasteiger partial charge in [0, 0.05) is 23.1 Å². The van der Waals surface area contributed by atoms with Crippen molar-refractivity contribution < 1.29 is 13.6 Å². The monoisotopic (exact) mass is 363 g/mol. The number of rotatable bonds is 5. The number of nitrogens with zero attached hydrogens (tertiary/aromatic N) is 2. The minimum absolute atomic E-state index is 0.117. The number of carbonyl (C=O) groups is 1. The molecule has 7 heteroatoms. The first-order valence-corrected chi connectivity index (χ1v) is 8.46. The van der Waals surface area contributed by atoms with Gasteiger partial charge in [0.2, 0.25) is 5.91 Å². The average molecular weight is 363 g/mol. The van der Waals surface area contributed by atoms with Crippen molar-refractivity contribution in [2.75, 3.05) is 0 Å². The first-order chi connectivity index (χ1) is 12.1. The fourth-order valence-electron chi connectivity index (χ4n) is 2.28. The van der Waals surface area contributed by atoms with Crippen LogP contribution < -0.4 is 10.9 Å². The van der Waals surface area contributed by atoms with E-state index in [-0.39, 0.29) is 24.1 Å². The zero-order valence-electron chi connectivity index (χ0n) is 15.3. The molecule has 5 nitrogen and oxygen atoms in total. The molecule has 2 rings (SSSR count). The van der Waals surface area contributed by atoms with E-state index in [9.17, 15) is 18.4 Å². The highest BCUT2D eigenvalue weighted by molar-refractivity contribution is 5.81. The molecule has 0 unspecified atom stereocenters. The van der Waals surface area contributed by atoms with E-state index in [1.807, 2.05) is 27.7 Å². The van der Waals surface area contributed by atoms with Crippen LogP contribution in [0.3, 0.4) is 0 Å². The number of benzene rings is 1. The van der Waals surface area contributed by atoms with Crippen molar-refractivity contribution in [2.24, 2.45) is 5.41 Å². The molecule has 0 aliphatic heterocycles. The molecule has 0 fully saturated rings. The Hall–Kier alpha value is -2.57. The Morgan fingerprint density at radius 3 is 2.46 bits per heavy atom. The molecule has 26 heavy (non-hydrogen) atoms. The molecule has 1 N–H and O–H groups in total. The van der Waals surface area contributed by atoms with E-state index in [0.29, 0.717) is 17.7 Å². The molecule has 1 amide bonds. The van der Waals surface area contributed by atoms with Gasteiger partial charge >= 0.3 is 0 Å². The molecule has 0 aliphatic rings. The molecule has 2 aromatic rings. The zero-order chi connectivity index (χ0) is 19.5. The van der Waals surface area contributed by atoms with Gasteiger partial charge in [-0.1, -0.05) is 27.7 Å². The second kappa shape index (κ2) is 7.76. The molecular formula is C19H23F2N3O2. The molecule has 1 aromatic heterocycles. The predicted octanol–water partition coefficient (Wildman–Crippen LogP) is 3.13. The van der Waals surface area contributed by atoms with Crippen LogP contribution in [-0.2, 0) is 11.3 Å². The van der Waals surface area contributed by atoms with E-state index in [1.165, 1.54) is 22.9 Å². The van der Waals surface area contributed by atoms with Crippen molar-refractivity contribution in [3.05, 3.63) is 52.3 Å². The van der Waals surface area contributed by atoms with Crippen molar-refractivity contribution in [1.29, 1.82) is 0 Å². The van der Waals surface area contributed by atoms with Crippen molar-refractivity contribution in [1.82, 2.24) is 15.1 Å². The molecular weight excluding hydrogens is 340 g/mol. The van der Waals surface area contributed by atoms with Crippen molar-refractivity contribution in [2.45, 2.75) is 46.7 Å². The summed E-state index contributed by atoms with van der Waals surface area (Å²) in [6, 6.07) is 5.95. The highest BCUT2D eigenvalue weighted by Gasteiger charge is 2.24. The highest BCUT2D eigenvalue weighted by Crippen LogP contribution is 2.18. The highest BCUT2D eigenvalue weighted by atomic mass is 19.2. The number of amides is 1. The largest absolute Gasteiger partial charge is 0.351 e. The van der Waals surface area contributed by atoms with Crippen LogP contribution in [0.15, 0.2) is 35.1 Å². The SMILES string of the molecule is CC[C@H](Cn1nc(-c2ccc(F)c(F)c2)ccc1=O)NC(=O)C(C)(C)C. The summed E-state index contributed by atoms with van der Waals surface area (Å²) in [7, 11) is 0. The second-order valence-electron chi connectivity index (χ2n) is 7.20. The van der Waals surface area contributed by atoms with Crippen molar-refractivity contribution in [3.63, 3.8) is 0 Å². The van der Waals surface area contributed by atoms with Crippen LogP contribution in [0, 0.1) is 17.0 Å². The number of carbonyl (C=O) groups excluding carboxylic acids is 1. The van der Waals surface area contributed by atoms with Gasteiger partial charge in [0.1, 0.15) is 0 Å². The van der Waals surface area contributed by atoms with E-state index in [2.05, 4.69) is 10.4 Å². The second-order valence-corrected chi connectivity index (χ2v) is 7.20. The van der Waals surface area contributed by atoms with Gasteiger partial charge in [0.05, 0.1) is 12.2 Å². The van der Waals surface area contributed by atoms with Gasteiger partial charge in [-0.25, -0.2) is 13.5 Å². The summed E-state index contributed by atoms with van der Waals surface area (Å²) in [5, 5.41) is 7.14. The quantitative estimate of drug-likeness (QED) is 0.888. The smallest absolute Gasteiger partial charge is 0.266 e. The van der Waals surface area contributed by atoms with Gasteiger partial charge in [-0.05, 0) is 30.7 Å². The third-order valence-corrected chi connectivity index (χ3v) is 3.98. The molecule has 0 bridgehead atoms. The third-order valence-electron chi connectivity index (χ3n) is 3.98. The summed E-state index contributed by atoms with van der Waals surface area (Å²) in [6.45, 7) is 7.52. The Morgan fingerprint density at radius 2 is 1.88 bits per heavy atom. The summed E-state index contributed by atoms with van der Waals surface area (Å²) in [6.07, 6.45) is 0.616. The zero-order valence-corrected chi connectivity index (χ0v) is 15.3. The fraction of sp³-hybridized carbons (Fsp3) is 0.421. The first-order valence-electron chi connectivity index (χ1n) is 8.46. The van der Waals surface area contributed by atoms with Crippen LogP contribution in [0.1, 0.15) is 34.1 Å². The lowest BCUT2D eigenvalue weighted by atomic mass is 9.95. The predicted molar refractivity (Wildman–Crippen MR) is 95.5 cm³/mol. The molecule has 1 heterocycles. The van der Waals surface area contributed by atoms with Gasteiger partial charge < -0.3 is 5.32 Å². The van der Waals surface area contributed by atoms with Crippen LogP contribution in [0.4, 0.5) is 8.78 Å². The number of aromatic nitrogens is 2.